The number of quaternary nitrogens is 1. The maximum absolute atomic E-state index is 14.6. The van der Waals surface area contributed by atoms with E-state index >= 15 is 0 Å². The van der Waals surface area contributed by atoms with Gasteiger partial charge in [-0.2, -0.15) is 9.97 Å². The molecule has 4 fully saturated rings. The lowest BCUT2D eigenvalue weighted by molar-refractivity contribution is -0.711. The van der Waals surface area contributed by atoms with Gasteiger partial charge >= 0.3 is 0 Å². The van der Waals surface area contributed by atoms with Gasteiger partial charge in [-0.25, -0.2) is 8.78 Å². The van der Waals surface area contributed by atoms with Crippen LogP contribution in [0.1, 0.15) is 63.4 Å². The Bertz CT molecular complexity index is 1320. The fourth-order valence-corrected chi connectivity index (χ4v) is 7.15. The number of rotatable bonds is 6. The number of nitrogens with two attached hydrogens (primary N) is 1. The van der Waals surface area contributed by atoms with Crippen molar-refractivity contribution in [3.63, 3.8) is 0 Å². The van der Waals surface area contributed by atoms with E-state index in [4.69, 9.17) is 37.1 Å². The number of benzene rings is 1. The Kier molecular flexibility index (Phi) is 6.65. The Balaban J connectivity index is 1.28. The molecule has 3 heterocycles. The third-order valence-electron chi connectivity index (χ3n) is 8.81. The Hall–Kier alpha value is -2.19. The van der Waals surface area contributed by atoms with Gasteiger partial charge in [0.2, 0.25) is 11.0 Å². The standard InChI is InChI=1S/C27H33ClF2N6O4/c1-13-3-2-6-27(12-13)39-22-19(11-20(23(22)40-27)38-8-7-37)36-25-21(24(31)32-26(28)33-25)35(34-36)18-10-17(30)16(29)9-15(18)14-4-5-14/h9-10,13-14,19-20,22-23,35,37H,2-8,11-12H2,1H3,(H2,31,32,33)/t13?,19-,20+,22+,23-,27?/m1/s1. The minimum atomic E-state index is -0.963. The van der Waals surface area contributed by atoms with Crippen LogP contribution in [0, 0.1) is 17.6 Å². The van der Waals surface area contributed by atoms with Gasteiger partial charge in [0, 0.05) is 30.5 Å². The normalized spacial score (nSPS) is 35.0. The molecule has 5 aliphatic rings. The van der Waals surface area contributed by atoms with E-state index in [0.29, 0.717) is 40.1 Å². The molecule has 2 aromatic rings. The maximum Gasteiger partial charge on any atom is 0.226 e. The molecule has 3 saturated carbocycles. The van der Waals surface area contributed by atoms with E-state index in [0.717, 1.165) is 38.5 Å². The number of aliphatic hydroxyl groups is 1. The van der Waals surface area contributed by atoms with Gasteiger partial charge in [-0.05, 0) is 55.2 Å². The average Bonchev–Trinajstić information content (AvgIpc) is 3.50. The van der Waals surface area contributed by atoms with Crippen molar-refractivity contribution in [2.24, 2.45) is 5.92 Å². The summed E-state index contributed by atoms with van der Waals surface area (Å²) in [5.74, 6) is -1.50. The average molecular weight is 579 g/mol. The number of ether oxygens (including phenoxy) is 3. The molecule has 0 radical (unpaired) electrons. The second-order valence-electron chi connectivity index (χ2n) is 11.7. The Labute approximate surface area is 235 Å². The molecule has 1 aromatic carbocycles. The van der Waals surface area contributed by atoms with Gasteiger partial charge in [-0.15, -0.1) is 0 Å². The number of nitrogens with one attached hydrogen (secondary N) is 1. The van der Waals surface area contributed by atoms with Crippen LogP contribution in [0.15, 0.2) is 12.1 Å². The van der Waals surface area contributed by atoms with Crippen LogP contribution < -0.4 is 15.8 Å². The van der Waals surface area contributed by atoms with Crippen LogP contribution in [-0.2, 0) is 14.2 Å². The van der Waals surface area contributed by atoms with Crippen molar-refractivity contribution >= 4 is 34.6 Å². The number of hydrogen-bond donors (Lipinski definition) is 3. The Morgan fingerprint density at radius 3 is 2.75 bits per heavy atom. The predicted molar refractivity (Wildman–Crippen MR) is 141 cm³/mol. The zero-order valence-electron chi connectivity index (χ0n) is 22.2. The zero-order chi connectivity index (χ0) is 27.8. The molecular weight excluding hydrogens is 546 g/mol. The smallest absolute Gasteiger partial charge is 0.226 e. The third kappa shape index (κ3) is 4.44. The lowest BCUT2D eigenvalue weighted by Crippen LogP contribution is -2.97. The summed E-state index contributed by atoms with van der Waals surface area (Å²) in [5.41, 5.74) is 12.9. The minimum absolute atomic E-state index is 0.0470. The van der Waals surface area contributed by atoms with Crippen molar-refractivity contribution in [1.82, 2.24) is 9.97 Å². The first-order chi connectivity index (χ1) is 19.3. The Morgan fingerprint density at radius 2 is 2.00 bits per heavy atom. The van der Waals surface area contributed by atoms with Crippen molar-refractivity contribution < 1.29 is 33.1 Å². The highest BCUT2D eigenvalue weighted by Crippen LogP contribution is 2.51. The summed E-state index contributed by atoms with van der Waals surface area (Å²) in [5, 5.41) is 11.5. The molecular formula is C27H33ClF2N6O4. The van der Waals surface area contributed by atoms with Crippen LogP contribution in [0.25, 0.3) is 5.53 Å². The molecule has 7 atom stereocenters. The summed E-state index contributed by atoms with van der Waals surface area (Å²) in [6.45, 7) is 2.25. The highest BCUT2D eigenvalue weighted by molar-refractivity contribution is 6.28. The third-order valence-corrected chi connectivity index (χ3v) is 8.98. The van der Waals surface area contributed by atoms with E-state index in [9.17, 15) is 13.9 Å². The lowest BCUT2D eigenvalue weighted by Gasteiger charge is -2.40. The summed E-state index contributed by atoms with van der Waals surface area (Å²) < 4.78 is 48.4. The number of anilines is 2. The fourth-order valence-electron chi connectivity index (χ4n) is 6.98. The summed E-state index contributed by atoms with van der Waals surface area (Å²) in [6, 6.07) is 2.06. The number of aromatic nitrogens is 2. The molecule has 3 unspecified atom stereocenters. The highest BCUT2D eigenvalue weighted by Gasteiger charge is 2.60. The van der Waals surface area contributed by atoms with Crippen molar-refractivity contribution in [3.8, 4) is 0 Å². The van der Waals surface area contributed by atoms with E-state index in [1.54, 1.807) is 5.01 Å². The monoisotopic (exact) mass is 578 g/mol. The fraction of sp³-hybridized carbons (Fsp3) is 0.630. The van der Waals surface area contributed by atoms with Crippen molar-refractivity contribution in [2.45, 2.75) is 87.9 Å². The first-order valence-electron chi connectivity index (χ1n) is 14.1. The van der Waals surface area contributed by atoms with E-state index < -0.39 is 23.5 Å². The van der Waals surface area contributed by atoms with Gasteiger partial charge in [-0.3, -0.25) is 0 Å². The first kappa shape index (κ1) is 26.7. The quantitative estimate of drug-likeness (QED) is 0.445. The first-order valence-corrected chi connectivity index (χ1v) is 14.4. The Morgan fingerprint density at radius 1 is 1.23 bits per heavy atom. The number of halogens is 3. The molecule has 4 N–H and O–H groups in total. The highest BCUT2D eigenvalue weighted by atomic mass is 35.5. The second-order valence-corrected chi connectivity index (χ2v) is 12.0. The molecule has 7 rings (SSSR count). The van der Waals surface area contributed by atoms with Gasteiger partial charge < -0.3 is 40.6 Å². The van der Waals surface area contributed by atoms with Gasteiger partial charge in [0.05, 0.1) is 19.3 Å². The van der Waals surface area contributed by atoms with Crippen LogP contribution in [0.5, 0.6) is 0 Å². The van der Waals surface area contributed by atoms with Gasteiger partial charge in [0.1, 0.15) is 17.9 Å². The maximum atomic E-state index is 14.6. The number of nitrogens with zero attached hydrogens (tertiary/aromatic N) is 4. The number of fused-ring (bicyclic) bond motifs is 2. The van der Waals surface area contributed by atoms with Crippen LogP contribution in [0.3, 0.4) is 0 Å². The summed E-state index contributed by atoms with van der Waals surface area (Å²) >= 11 is 6.28. The van der Waals surface area contributed by atoms with Crippen molar-refractivity contribution in [1.29, 1.82) is 0 Å². The van der Waals surface area contributed by atoms with Gasteiger partial charge in [-0.1, -0.05) is 13.3 Å². The molecule has 1 aromatic heterocycles. The molecule has 0 amide bonds. The summed E-state index contributed by atoms with van der Waals surface area (Å²) in [6.07, 6.45) is 4.82. The van der Waals surface area contributed by atoms with Crippen LogP contribution >= 0.6 is 11.6 Å². The van der Waals surface area contributed by atoms with Crippen molar-refractivity contribution in [3.05, 3.63) is 40.1 Å². The van der Waals surface area contributed by atoms with E-state index in [1.165, 1.54) is 12.1 Å². The second kappa shape index (κ2) is 9.97. The minimum Gasteiger partial charge on any atom is -0.399 e. The molecule has 0 bridgehead atoms. The van der Waals surface area contributed by atoms with E-state index in [1.807, 2.05) is 0 Å². The predicted octanol–water partition coefficient (Wildman–Crippen LogP) is 3.58. The van der Waals surface area contributed by atoms with Crippen molar-refractivity contribution in [2.75, 3.05) is 24.0 Å². The lowest BCUT2D eigenvalue weighted by atomic mass is 9.86. The molecule has 10 nitrogen and oxygen atoms in total. The van der Waals surface area contributed by atoms with Crippen LogP contribution in [0.4, 0.5) is 31.8 Å². The molecule has 216 valence electrons. The van der Waals surface area contributed by atoms with Crippen LogP contribution in [-0.4, -0.2) is 58.4 Å². The summed E-state index contributed by atoms with van der Waals surface area (Å²) in [7, 11) is 0. The largest absolute Gasteiger partial charge is 0.399 e. The molecule has 13 heteroatoms. The molecule has 1 saturated heterocycles. The van der Waals surface area contributed by atoms with E-state index in [-0.39, 0.29) is 48.5 Å². The zero-order valence-corrected chi connectivity index (χ0v) is 22.9. The van der Waals surface area contributed by atoms with Gasteiger partial charge in [0.25, 0.3) is 0 Å². The SMILES string of the molecule is CC1CCCC2(C1)O[C@@H]1[C@H](O2)[C@@H](OCCO)C[C@H]1N1[N-][NH+](c2cc(F)c(F)cc2C2CC2)c2c(N)nc(Cl)nc21. The molecule has 2 aliphatic heterocycles. The van der Waals surface area contributed by atoms with Gasteiger partial charge in [0.15, 0.2) is 29.1 Å². The molecule has 40 heavy (non-hydrogen) atoms. The molecule has 1 spiro atoms. The molecule has 3 aliphatic carbocycles. The van der Waals surface area contributed by atoms with Crippen LogP contribution in [0.2, 0.25) is 5.28 Å². The number of aliphatic hydroxyl groups excluding tert-OH is 1. The topological polar surface area (TPSA) is 122 Å². The number of hydrogen-bond acceptors (Lipinski definition) is 8. The summed E-state index contributed by atoms with van der Waals surface area (Å²) in [4.78, 5) is 8.66. The number of nitrogen functional groups attached to an aromatic ring is 1. The van der Waals surface area contributed by atoms with E-state index in [2.05, 4.69) is 16.9 Å².